The van der Waals surface area contributed by atoms with Crippen molar-refractivity contribution < 1.29 is 67.4 Å². The van der Waals surface area contributed by atoms with Crippen LogP contribution in [0.15, 0.2) is 18.2 Å². The van der Waals surface area contributed by atoms with Crippen LogP contribution in [0, 0.1) is 41.4 Å². The second kappa shape index (κ2) is 36.4. The molecule has 1 aromatic heterocycles. The van der Waals surface area contributed by atoms with Gasteiger partial charge in [-0.15, -0.1) is 0 Å². The van der Waals surface area contributed by atoms with Crippen molar-refractivity contribution in [1.29, 1.82) is 0 Å². The van der Waals surface area contributed by atoms with Gasteiger partial charge in [0.1, 0.15) is 66.2 Å². The first-order valence-electron chi connectivity index (χ1n) is 33.5. The van der Waals surface area contributed by atoms with Crippen LogP contribution in [0.5, 0.6) is 0 Å². The van der Waals surface area contributed by atoms with Crippen molar-refractivity contribution >= 4 is 82.0 Å². The van der Waals surface area contributed by atoms with Crippen molar-refractivity contribution in [2.75, 3.05) is 55.4 Å². The molecule has 2 aromatic rings. The van der Waals surface area contributed by atoms with Gasteiger partial charge in [-0.1, -0.05) is 96.9 Å². The van der Waals surface area contributed by atoms with Crippen LogP contribution < -0.4 is 26.6 Å². The topological polar surface area (TPSA) is 343 Å². The number of fused-ring (bicyclic) bond motifs is 1. The van der Waals surface area contributed by atoms with Gasteiger partial charge >= 0.3 is 5.97 Å². The van der Waals surface area contributed by atoms with Gasteiger partial charge < -0.3 is 70.8 Å². The second-order valence-corrected chi connectivity index (χ2v) is 28.2. The zero-order chi connectivity index (χ0) is 72.5. The highest BCUT2D eigenvalue weighted by atomic mass is 16.5. The third-order valence-corrected chi connectivity index (χ3v) is 17.5. The maximum atomic E-state index is 15.2. The molecule has 12 atom stereocenters. The fraction of sp³-hybridized carbons (Fsp3) is 0.721. The summed E-state index contributed by atoms with van der Waals surface area (Å²) in [7, 11) is 8.42. The minimum Gasteiger partial charge on any atom is -0.462 e. The summed E-state index contributed by atoms with van der Waals surface area (Å²) in [5.41, 5.74) is 1.24. The fourth-order valence-electron chi connectivity index (χ4n) is 11.8. The first kappa shape index (κ1) is 81.5. The normalized spacial score (nSPS) is 25.1. The van der Waals surface area contributed by atoms with E-state index in [1.807, 2.05) is 55.4 Å². The van der Waals surface area contributed by atoms with Crippen LogP contribution in [0.25, 0.3) is 11.0 Å². The summed E-state index contributed by atoms with van der Waals surface area (Å²) >= 11 is 0. The molecule has 0 saturated carbocycles. The lowest BCUT2D eigenvalue weighted by atomic mass is 9.92. The summed E-state index contributed by atoms with van der Waals surface area (Å²) in [6.07, 6.45) is -1.26. The molecule has 11 amide bonds. The number of aromatic amines is 1. The van der Waals surface area contributed by atoms with Gasteiger partial charge in [0, 0.05) is 48.7 Å². The van der Waals surface area contributed by atoms with Gasteiger partial charge in [0.2, 0.25) is 65.0 Å². The SMILES string of the molecule is CCOC(=O)c1ccc2[nH]c(C[C@@H](C)[C@@H](O)[C@@H]3NC(=O)[C@H](C(C)C)N(C)C(=O)[C@H](CC(C)C)N(C)C(=O)[C@H](CC(C)C)N(C)C(=O)[C@@H](C)NC(=O)[C@H](C)NC(=O)[C@H](CC(C)C)N(C)C(=O)[C@H](C(C)C)NC(=O)[C@H](CC(C)C)N(C)C(=O)CN(C)C(=O)[C@H](CC)NC3=O)nc2c1. The summed E-state index contributed by atoms with van der Waals surface area (Å²) in [5.74, 6) is -11.0. The third-order valence-electron chi connectivity index (χ3n) is 17.5. The van der Waals surface area contributed by atoms with Gasteiger partial charge in [0.25, 0.3) is 0 Å². The minimum absolute atomic E-state index is 0.00805. The molecule has 0 spiro atoms. The predicted octanol–water partition coefficient (Wildman–Crippen LogP) is 3.26. The molecule has 95 heavy (non-hydrogen) atoms. The van der Waals surface area contributed by atoms with Crippen LogP contribution >= 0.6 is 0 Å². The molecule has 1 fully saturated rings. The monoisotopic (exact) mass is 1340 g/mol. The molecular formula is C68H113N13O14. The van der Waals surface area contributed by atoms with E-state index in [1.165, 1.54) is 80.6 Å². The standard InChI is InChI=1S/C68H113N13O14/c1-24-45-64(90)76(18)34-53(82)77(19)48(28-35(3)4)60(86)74-54(39(11)12)67(93)78(20)49(29-36(5)6)59(85)69-42(16)58(84)70-43(17)63(89)79(21)50(30-37(7)8)65(91)80(22)51(31-38(9)10)66(92)81(23)56(40(13)14)62(88)75-55(61(87)73-45)57(83)41(15)32-52-71-46-27-26-44(33-47(46)72-52)68(94)95-25-2/h26-27,33,35-43,45,48-51,54-57,83H,24-25,28-32,34H2,1-23H3,(H,69,85)(H,70,84)(H,71,72)(H,73,87)(H,74,86)(H,75,88)/t41-,42+,43-,45+,48+,49+,50+,51+,54+,55+,56+,57-/m1/s1. The molecule has 1 aliphatic rings. The number of carbonyl (C=O) groups is 12. The van der Waals surface area contributed by atoms with Crippen molar-refractivity contribution in [3.05, 3.63) is 29.6 Å². The Morgan fingerprint density at radius 3 is 1.52 bits per heavy atom. The molecular weight excluding hydrogens is 1220 g/mol. The van der Waals surface area contributed by atoms with Crippen molar-refractivity contribution in [3.8, 4) is 0 Å². The number of esters is 1. The molecule has 27 nitrogen and oxygen atoms in total. The number of ether oxygens (including phenoxy) is 1. The highest BCUT2D eigenvalue weighted by molar-refractivity contribution is 6.00. The molecule has 7 N–H and O–H groups in total. The molecule has 27 heteroatoms. The molecule has 3 rings (SSSR count). The highest BCUT2D eigenvalue weighted by Crippen LogP contribution is 2.25. The zero-order valence-corrected chi connectivity index (χ0v) is 60.7. The van der Waals surface area contributed by atoms with Gasteiger partial charge in [-0.05, 0) is 112 Å². The lowest BCUT2D eigenvalue weighted by Crippen LogP contribution is -2.63. The maximum Gasteiger partial charge on any atom is 0.338 e. The molecule has 0 bridgehead atoms. The Morgan fingerprint density at radius 1 is 0.537 bits per heavy atom. The quantitative estimate of drug-likeness (QED) is 0.112. The molecule has 0 radical (unpaired) electrons. The van der Waals surface area contributed by atoms with Gasteiger partial charge in [0.05, 0.1) is 35.9 Å². The van der Waals surface area contributed by atoms with Crippen LogP contribution in [0.4, 0.5) is 0 Å². The first-order chi connectivity index (χ1) is 44.1. The fourth-order valence-corrected chi connectivity index (χ4v) is 11.8. The zero-order valence-electron chi connectivity index (χ0n) is 60.7. The van der Waals surface area contributed by atoms with Gasteiger partial charge in [-0.3, -0.25) is 52.7 Å². The van der Waals surface area contributed by atoms with E-state index in [0.717, 1.165) is 4.90 Å². The Hall–Kier alpha value is -7.71. The van der Waals surface area contributed by atoms with Gasteiger partial charge in [-0.25, -0.2) is 9.78 Å². The number of aromatic nitrogens is 2. The average molecular weight is 1340 g/mol. The van der Waals surface area contributed by atoms with Crippen molar-refractivity contribution in [3.63, 3.8) is 0 Å². The summed E-state index contributed by atoms with van der Waals surface area (Å²) in [6.45, 7) is 28.9. The smallest absolute Gasteiger partial charge is 0.338 e. The number of likely N-dealkylation sites (N-methyl/N-ethyl adjacent to an activating group) is 6. The number of hydrogen-bond donors (Lipinski definition) is 7. The lowest BCUT2D eigenvalue weighted by molar-refractivity contribution is -0.154. The molecule has 1 saturated heterocycles. The summed E-state index contributed by atoms with van der Waals surface area (Å²) in [6, 6.07) is -8.17. The Kier molecular flexibility index (Phi) is 31.2. The first-order valence-corrected chi connectivity index (χ1v) is 33.5. The van der Waals surface area contributed by atoms with E-state index in [9.17, 15) is 48.3 Å². The predicted molar refractivity (Wildman–Crippen MR) is 360 cm³/mol. The van der Waals surface area contributed by atoms with Gasteiger partial charge in [0.15, 0.2) is 0 Å². The third kappa shape index (κ3) is 22.2. The van der Waals surface area contributed by atoms with Crippen LogP contribution in [-0.2, 0) is 63.9 Å². The molecule has 0 unspecified atom stereocenters. The van der Waals surface area contributed by atoms with Gasteiger partial charge in [-0.2, -0.15) is 0 Å². The molecule has 0 aliphatic carbocycles. The largest absolute Gasteiger partial charge is 0.462 e. The number of amides is 11. The average Bonchev–Trinajstić information content (AvgIpc) is 1.73. The van der Waals surface area contributed by atoms with E-state index in [0.29, 0.717) is 16.9 Å². The molecule has 2 heterocycles. The van der Waals surface area contributed by atoms with Crippen LogP contribution in [0.3, 0.4) is 0 Å². The Bertz CT molecular complexity index is 3020. The molecule has 534 valence electrons. The number of hydrogen-bond acceptors (Lipinski definition) is 15. The van der Waals surface area contributed by atoms with Crippen molar-refractivity contribution in [2.24, 2.45) is 41.4 Å². The number of carbonyl (C=O) groups excluding carboxylic acids is 12. The number of aliphatic hydroxyl groups excluding tert-OH is 1. The number of nitrogens with one attached hydrogen (secondary N) is 6. The van der Waals surface area contributed by atoms with E-state index in [2.05, 4.69) is 36.6 Å². The summed E-state index contributed by atoms with van der Waals surface area (Å²) < 4.78 is 5.17. The van der Waals surface area contributed by atoms with E-state index < -0.39 is 162 Å². The lowest BCUT2D eigenvalue weighted by Gasteiger charge is -2.40. The van der Waals surface area contributed by atoms with Crippen molar-refractivity contribution in [2.45, 2.75) is 223 Å². The minimum atomic E-state index is -1.81. The maximum absolute atomic E-state index is 15.2. The number of benzene rings is 1. The Balaban J connectivity index is 2.30. The number of H-pyrrole nitrogens is 1. The van der Waals surface area contributed by atoms with Crippen LogP contribution in [0.2, 0.25) is 0 Å². The van der Waals surface area contributed by atoms with E-state index in [-0.39, 0.29) is 74.4 Å². The number of rotatable bonds is 17. The van der Waals surface area contributed by atoms with Crippen LogP contribution in [0.1, 0.15) is 166 Å². The van der Waals surface area contributed by atoms with E-state index in [1.54, 1.807) is 66.7 Å². The second-order valence-electron chi connectivity index (χ2n) is 28.2. The molecule has 1 aromatic carbocycles. The molecule has 1 aliphatic heterocycles. The Morgan fingerprint density at radius 2 is 1.01 bits per heavy atom. The number of aliphatic hydroxyl groups is 1. The van der Waals surface area contributed by atoms with Crippen molar-refractivity contribution in [1.82, 2.24) is 66.0 Å². The number of nitrogens with zero attached hydrogens (tertiary/aromatic N) is 7. The van der Waals surface area contributed by atoms with E-state index in [4.69, 9.17) is 4.74 Å². The van der Waals surface area contributed by atoms with Crippen LogP contribution in [-0.4, -0.2) is 237 Å². The highest BCUT2D eigenvalue weighted by Gasteiger charge is 2.44. The summed E-state index contributed by atoms with van der Waals surface area (Å²) in [4.78, 5) is 189. The Labute approximate surface area is 562 Å². The summed E-state index contributed by atoms with van der Waals surface area (Å²) in [5, 5.41) is 26.1. The number of imidazole rings is 1. The van der Waals surface area contributed by atoms with E-state index >= 15 is 14.4 Å².